The van der Waals surface area contributed by atoms with Crippen LogP contribution in [-0.4, -0.2) is 30.1 Å². The van der Waals surface area contributed by atoms with Crippen molar-refractivity contribution in [2.45, 2.75) is 51.7 Å². The second-order valence-corrected chi connectivity index (χ2v) is 8.24. The third-order valence-electron chi connectivity index (χ3n) is 4.97. The fourth-order valence-corrected chi connectivity index (χ4v) is 4.40. The van der Waals surface area contributed by atoms with E-state index in [2.05, 4.69) is 30.1 Å². The standard InChI is InChI=1S/C16H25ClN2S/c1-3-11(2)14-10-19(9-13-6-7-16(17)20-13)15(8-18-14)12-4-5-12/h6-7,11-12,14-15,18H,3-5,8-10H2,1-2H3. The number of piperazine rings is 1. The van der Waals surface area contributed by atoms with Gasteiger partial charge in [-0.1, -0.05) is 31.9 Å². The molecule has 1 aliphatic carbocycles. The molecule has 20 heavy (non-hydrogen) atoms. The molecule has 4 heteroatoms. The van der Waals surface area contributed by atoms with E-state index in [4.69, 9.17) is 11.6 Å². The van der Waals surface area contributed by atoms with E-state index in [1.165, 1.54) is 37.2 Å². The minimum Gasteiger partial charge on any atom is -0.311 e. The maximum atomic E-state index is 6.08. The number of rotatable bonds is 5. The summed E-state index contributed by atoms with van der Waals surface area (Å²) in [6.45, 7) is 8.09. The average molecular weight is 313 g/mol. The number of nitrogens with one attached hydrogen (secondary N) is 1. The van der Waals surface area contributed by atoms with Crippen molar-refractivity contribution in [1.82, 2.24) is 10.2 Å². The van der Waals surface area contributed by atoms with Crippen LogP contribution in [0.25, 0.3) is 0 Å². The first kappa shape index (κ1) is 14.8. The molecule has 0 aromatic carbocycles. The zero-order chi connectivity index (χ0) is 14.1. The Morgan fingerprint density at radius 2 is 2.25 bits per heavy atom. The summed E-state index contributed by atoms with van der Waals surface area (Å²) in [5.74, 6) is 1.68. The summed E-state index contributed by atoms with van der Waals surface area (Å²) in [5.41, 5.74) is 0. The third kappa shape index (κ3) is 3.38. The van der Waals surface area contributed by atoms with Crippen molar-refractivity contribution in [3.63, 3.8) is 0 Å². The SMILES string of the molecule is CCC(C)C1CN(Cc2ccc(Cl)s2)C(C2CC2)CN1. The minimum atomic E-state index is 0.644. The largest absolute Gasteiger partial charge is 0.311 e. The molecular formula is C16H25ClN2S. The molecule has 0 bridgehead atoms. The molecule has 112 valence electrons. The van der Waals surface area contributed by atoms with E-state index in [0.29, 0.717) is 6.04 Å². The number of halogens is 1. The Kier molecular flexibility index (Phi) is 4.71. The van der Waals surface area contributed by atoms with E-state index in [9.17, 15) is 0 Å². The van der Waals surface area contributed by atoms with Crippen LogP contribution in [0, 0.1) is 11.8 Å². The van der Waals surface area contributed by atoms with Gasteiger partial charge in [-0.3, -0.25) is 4.90 Å². The predicted molar refractivity (Wildman–Crippen MR) is 87.5 cm³/mol. The van der Waals surface area contributed by atoms with Crippen LogP contribution in [0.4, 0.5) is 0 Å². The van der Waals surface area contributed by atoms with Gasteiger partial charge >= 0.3 is 0 Å². The highest BCUT2D eigenvalue weighted by molar-refractivity contribution is 7.16. The molecule has 0 radical (unpaired) electrons. The smallest absolute Gasteiger partial charge is 0.0931 e. The Balaban J connectivity index is 1.68. The Hall–Kier alpha value is -0.0900. The van der Waals surface area contributed by atoms with Gasteiger partial charge in [0.1, 0.15) is 0 Å². The van der Waals surface area contributed by atoms with E-state index in [0.717, 1.165) is 28.8 Å². The second kappa shape index (κ2) is 6.35. The van der Waals surface area contributed by atoms with Crippen molar-refractivity contribution in [2.75, 3.05) is 13.1 Å². The summed E-state index contributed by atoms with van der Waals surface area (Å²) < 4.78 is 0.914. The van der Waals surface area contributed by atoms with E-state index in [1.54, 1.807) is 11.3 Å². The van der Waals surface area contributed by atoms with Crippen LogP contribution in [0.3, 0.4) is 0 Å². The van der Waals surface area contributed by atoms with Gasteiger partial charge in [0.25, 0.3) is 0 Å². The minimum absolute atomic E-state index is 0.644. The highest BCUT2D eigenvalue weighted by atomic mass is 35.5. The van der Waals surface area contributed by atoms with Crippen LogP contribution in [0.5, 0.6) is 0 Å². The van der Waals surface area contributed by atoms with E-state index in [-0.39, 0.29) is 0 Å². The fourth-order valence-electron chi connectivity index (χ4n) is 3.28. The Bertz CT molecular complexity index is 443. The van der Waals surface area contributed by atoms with Crippen LogP contribution < -0.4 is 5.32 Å². The van der Waals surface area contributed by atoms with Gasteiger partial charge in [0.05, 0.1) is 4.34 Å². The highest BCUT2D eigenvalue weighted by Gasteiger charge is 2.39. The topological polar surface area (TPSA) is 15.3 Å². The summed E-state index contributed by atoms with van der Waals surface area (Å²) in [6.07, 6.45) is 4.09. The van der Waals surface area contributed by atoms with Crippen LogP contribution in [0.2, 0.25) is 4.34 Å². The van der Waals surface area contributed by atoms with Crippen molar-refractivity contribution in [2.24, 2.45) is 11.8 Å². The molecule has 3 unspecified atom stereocenters. The number of thiophene rings is 1. The molecular weight excluding hydrogens is 288 g/mol. The van der Waals surface area contributed by atoms with Crippen LogP contribution in [0.15, 0.2) is 12.1 Å². The van der Waals surface area contributed by atoms with Crippen molar-refractivity contribution < 1.29 is 0 Å². The summed E-state index contributed by atoms with van der Waals surface area (Å²) in [7, 11) is 0. The Morgan fingerprint density at radius 3 is 2.85 bits per heavy atom. The third-order valence-corrected chi connectivity index (χ3v) is 6.19. The van der Waals surface area contributed by atoms with Crippen molar-refractivity contribution in [3.05, 3.63) is 21.3 Å². The molecule has 0 amide bonds. The quantitative estimate of drug-likeness (QED) is 0.884. The van der Waals surface area contributed by atoms with Gasteiger partial charge in [-0.25, -0.2) is 0 Å². The maximum Gasteiger partial charge on any atom is 0.0931 e. The van der Waals surface area contributed by atoms with E-state index in [1.807, 2.05) is 6.07 Å². The first-order valence-electron chi connectivity index (χ1n) is 7.89. The average Bonchev–Trinajstić information content (AvgIpc) is 3.21. The molecule has 1 N–H and O–H groups in total. The normalized spacial score (nSPS) is 29.6. The van der Waals surface area contributed by atoms with Gasteiger partial charge in [-0.05, 0) is 36.8 Å². The predicted octanol–water partition coefficient (Wildman–Crippen LogP) is 4.00. The van der Waals surface area contributed by atoms with Crippen molar-refractivity contribution >= 4 is 22.9 Å². The molecule has 1 aromatic heterocycles. The molecule has 2 heterocycles. The zero-order valence-electron chi connectivity index (χ0n) is 12.4. The lowest BCUT2D eigenvalue weighted by atomic mass is 9.94. The molecule has 2 nitrogen and oxygen atoms in total. The van der Waals surface area contributed by atoms with E-state index >= 15 is 0 Å². The molecule has 1 saturated heterocycles. The summed E-state index contributed by atoms with van der Waals surface area (Å²) in [5, 5.41) is 3.80. The van der Waals surface area contributed by atoms with Gasteiger partial charge in [0.2, 0.25) is 0 Å². The lowest BCUT2D eigenvalue weighted by Gasteiger charge is -2.42. The lowest BCUT2D eigenvalue weighted by Crippen LogP contribution is -2.58. The second-order valence-electron chi connectivity index (χ2n) is 6.44. The molecule has 2 fully saturated rings. The molecule has 1 aliphatic heterocycles. The van der Waals surface area contributed by atoms with Gasteiger partial charge in [-0.15, -0.1) is 11.3 Å². The zero-order valence-corrected chi connectivity index (χ0v) is 14.0. The molecule has 2 aliphatic rings. The highest BCUT2D eigenvalue weighted by Crippen LogP contribution is 2.37. The van der Waals surface area contributed by atoms with Crippen LogP contribution in [0.1, 0.15) is 38.0 Å². The van der Waals surface area contributed by atoms with Gasteiger partial charge in [-0.2, -0.15) is 0 Å². The Morgan fingerprint density at radius 1 is 1.45 bits per heavy atom. The first-order chi connectivity index (χ1) is 9.67. The first-order valence-corrected chi connectivity index (χ1v) is 9.08. The van der Waals surface area contributed by atoms with Gasteiger partial charge in [0, 0.05) is 36.6 Å². The summed E-state index contributed by atoms with van der Waals surface area (Å²) in [4.78, 5) is 4.12. The van der Waals surface area contributed by atoms with E-state index < -0.39 is 0 Å². The molecule has 1 aromatic rings. The summed E-state index contributed by atoms with van der Waals surface area (Å²) >= 11 is 7.81. The summed E-state index contributed by atoms with van der Waals surface area (Å²) in [6, 6.07) is 5.60. The molecule has 0 spiro atoms. The number of hydrogen-bond donors (Lipinski definition) is 1. The lowest BCUT2D eigenvalue weighted by molar-refractivity contribution is 0.0901. The van der Waals surface area contributed by atoms with Crippen molar-refractivity contribution in [1.29, 1.82) is 0 Å². The van der Waals surface area contributed by atoms with Crippen LogP contribution in [-0.2, 0) is 6.54 Å². The Labute approximate surface area is 131 Å². The number of hydrogen-bond acceptors (Lipinski definition) is 3. The van der Waals surface area contributed by atoms with Crippen LogP contribution >= 0.6 is 22.9 Å². The maximum absolute atomic E-state index is 6.08. The van der Waals surface area contributed by atoms with Crippen molar-refractivity contribution in [3.8, 4) is 0 Å². The number of nitrogens with zero attached hydrogens (tertiary/aromatic N) is 1. The van der Waals surface area contributed by atoms with Gasteiger partial charge in [0.15, 0.2) is 0 Å². The molecule has 3 atom stereocenters. The molecule has 3 rings (SSSR count). The monoisotopic (exact) mass is 312 g/mol. The molecule has 1 saturated carbocycles. The fraction of sp³-hybridized carbons (Fsp3) is 0.750. The van der Waals surface area contributed by atoms with Gasteiger partial charge < -0.3 is 5.32 Å².